The van der Waals surface area contributed by atoms with Crippen LogP contribution >= 0.6 is 0 Å². The molecule has 3 rings (SSSR count). The van der Waals surface area contributed by atoms with E-state index >= 15 is 0 Å². The Kier molecular flexibility index (Phi) is 4.94. The largest absolute Gasteiger partial charge is 0.380 e. The van der Waals surface area contributed by atoms with Crippen LogP contribution in [-0.4, -0.2) is 37.7 Å². The number of hydrogen-bond donors (Lipinski definition) is 1. The lowest BCUT2D eigenvalue weighted by Gasteiger charge is -2.36. The molecule has 21 heavy (non-hydrogen) atoms. The van der Waals surface area contributed by atoms with Crippen LogP contribution in [0.4, 0.5) is 0 Å². The summed E-state index contributed by atoms with van der Waals surface area (Å²) in [6, 6.07) is 10.4. The van der Waals surface area contributed by atoms with Crippen LogP contribution in [0.5, 0.6) is 0 Å². The van der Waals surface area contributed by atoms with Gasteiger partial charge < -0.3 is 15.0 Å². The molecule has 2 unspecified atom stereocenters. The van der Waals surface area contributed by atoms with Gasteiger partial charge in [-0.1, -0.05) is 24.3 Å². The minimum atomic E-state index is 0.701. The third-order valence-electron chi connectivity index (χ3n) is 5.26. The van der Waals surface area contributed by atoms with E-state index in [9.17, 15) is 0 Å². The lowest BCUT2D eigenvalue weighted by atomic mass is 9.91. The molecule has 2 heterocycles. The van der Waals surface area contributed by atoms with Gasteiger partial charge in [-0.15, -0.1) is 0 Å². The van der Waals surface area contributed by atoms with Crippen LogP contribution in [0.1, 0.15) is 36.8 Å². The second-order valence-corrected chi connectivity index (χ2v) is 6.77. The van der Waals surface area contributed by atoms with Crippen LogP contribution in [0.3, 0.4) is 0 Å². The number of piperidine rings is 1. The van der Waals surface area contributed by atoms with Crippen LogP contribution in [0, 0.1) is 5.92 Å². The molecule has 0 radical (unpaired) electrons. The van der Waals surface area contributed by atoms with Crippen molar-refractivity contribution in [2.45, 2.75) is 50.9 Å². The van der Waals surface area contributed by atoms with Gasteiger partial charge >= 0.3 is 0 Å². The van der Waals surface area contributed by atoms with E-state index in [1.807, 2.05) is 0 Å². The molecule has 116 valence electrons. The monoisotopic (exact) mass is 288 g/mol. The Balaban J connectivity index is 1.45. The summed E-state index contributed by atoms with van der Waals surface area (Å²) in [5.74, 6) is 0.862. The quantitative estimate of drug-likeness (QED) is 0.871. The van der Waals surface area contributed by atoms with E-state index in [0.717, 1.165) is 31.1 Å². The number of hydrogen-bond acceptors (Lipinski definition) is 3. The molecule has 0 aliphatic carbocycles. The molecule has 2 fully saturated rings. The van der Waals surface area contributed by atoms with E-state index < -0.39 is 0 Å². The number of benzene rings is 1. The molecule has 3 heteroatoms. The molecule has 2 atom stereocenters. The third kappa shape index (κ3) is 3.65. The minimum Gasteiger partial charge on any atom is -0.380 e. The van der Waals surface area contributed by atoms with Gasteiger partial charge in [0.25, 0.3) is 0 Å². The zero-order valence-electron chi connectivity index (χ0n) is 13.3. The topological polar surface area (TPSA) is 24.5 Å². The normalized spacial score (nSPS) is 29.0. The maximum absolute atomic E-state index is 5.20. The Morgan fingerprint density at radius 1 is 1.19 bits per heavy atom. The number of rotatable bonds is 6. The van der Waals surface area contributed by atoms with Crippen molar-refractivity contribution in [3.8, 4) is 0 Å². The summed E-state index contributed by atoms with van der Waals surface area (Å²) >= 11 is 0. The fourth-order valence-electron chi connectivity index (χ4n) is 4.11. The fraction of sp³-hybridized carbons (Fsp3) is 0.667. The third-order valence-corrected chi connectivity index (χ3v) is 5.26. The lowest BCUT2D eigenvalue weighted by molar-refractivity contribution is 0.133. The highest BCUT2D eigenvalue weighted by Gasteiger charge is 2.37. The van der Waals surface area contributed by atoms with Gasteiger partial charge in [0.05, 0.1) is 6.61 Å². The van der Waals surface area contributed by atoms with E-state index in [4.69, 9.17) is 4.74 Å². The van der Waals surface area contributed by atoms with Gasteiger partial charge in [0.1, 0.15) is 0 Å². The number of nitrogens with one attached hydrogen (secondary N) is 1. The predicted octanol–water partition coefficient (Wildman–Crippen LogP) is 2.80. The summed E-state index contributed by atoms with van der Waals surface area (Å²) in [4.78, 5) is 2.62. The summed E-state index contributed by atoms with van der Waals surface area (Å²) in [6.45, 7) is 2.83. The standard InChI is InChI=1S/C18H28N2O/c1-20-17-6-7-18(20)10-16(9-17)12-19-11-14-4-3-5-15(8-14)13-21-2/h3-5,8,16-19H,6-7,9-13H2,1-2H3. The highest BCUT2D eigenvalue weighted by atomic mass is 16.5. The summed E-state index contributed by atoms with van der Waals surface area (Å²) in [7, 11) is 4.06. The second-order valence-electron chi connectivity index (χ2n) is 6.77. The number of fused-ring (bicyclic) bond motifs is 2. The second kappa shape index (κ2) is 6.91. The Morgan fingerprint density at radius 2 is 1.90 bits per heavy atom. The van der Waals surface area contributed by atoms with Gasteiger partial charge in [0.2, 0.25) is 0 Å². The first-order valence-corrected chi connectivity index (χ1v) is 8.25. The number of methoxy groups -OCH3 is 1. The lowest BCUT2D eigenvalue weighted by Crippen LogP contribution is -2.42. The number of nitrogens with zero attached hydrogens (tertiary/aromatic N) is 1. The van der Waals surface area contributed by atoms with Crippen molar-refractivity contribution in [3.05, 3.63) is 35.4 Å². The molecule has 2 saturated heterocycles. The van der Waals surface area contributed by atoms with E-state index in [2.05, 4.69) is 41.5 Å². The first kappa shape index (κ1) is 15.0. The highest BCUT2D eigenvalue weighted by molar-refractivity contribution is 5.22. The SMILES string of the molecule is COCc1cccc(CNCC2CC3CCC(C2)N3C)c1. The summed E-state index contributed by atoms with van der Waals surface area (Å²) in [6.07, 6.45) is 5.58. The van der Waals surface area contributed by atoms with Crippen molar-refractivity contribution in [2.75, 3.05) is 20.7 Å². The molecular weight excluding hydrogens is 260 g/mol. The zero-order chi connectivity index (χ0) is 14.7. The molecule has 2 aliphatic rings. The fourth-order valence-corrected chi connectivity index (χ4v) is 4.11. The molecule has 0 saturated carbocycles. The van der Waals surface area contributed by atoms with E-state index in [0.29, 0.717) is 6.61 Å². The van der Waals surface area contributed by atoms with Gasteiger partial charge in [0, 0.05) is 25.7 Å². The van der Waals surface area contributed by atoms with Crippen molar-refractivity contribution < 1.29 is 4.74 Å². The molecule has 1 aromatic carbocycles. The number of ether oxygens (including phenoxy) is 1. The molecule has 1 aromatic rings. The highest BCUT2D eigenvalue weighted by Crippen LogP contribution is 2.36. The van der Waals surface area contributed by atoms with Crippen molar-refractivity contribution in [2.24, 2.45) is 5.92 Å². The zero-order valence-corrected chi connectivity index (χ0v) is 13.3. The van der Waals surface area contributed by atoms with Crippen molar-refractivity contribution in [1.29, 1.82) is 0 Å². The maximum Gasteiger partial charge on any atom is 0.0713 e. The Labute approximate surface area is 128 Å². The van der Waals surface area contributed by atoms with Gasteiger partial charge in [-0.25, -0.2) is 0 Å². The van der Waals surface area contributed by atoms with Gasteiger partial charge in [0.15, 0.2) is 0 Å². The van der Waals surface area contributed by atoms with Crippen molar-refractivity contribution in [1.82, 2.24) is 10.2 Å². The summed E-state index contributed by atoms with van der Waals surface area (Å²) in [5, 5.41) is 3.67. The molecule has 3 nitrogen and oxygen atoms in total. The van der Waals surface area contributed by atoms with Crippen LogP contribution < -0.4 is 5.32 Å². The molecule has 0 amide bonds. The average Bonchev–Trinajstić information content (AvgIpc) is 2.71. The molecule has 2 aliphatic heterocycles. The van der Waals surface area contributed by atoms with Crippen molar-refractivity contribution in [3.63, 3.8) is 0 Å². The van der Waals surface area contributed by atoms with Crippen LogP contribution in [0.15, 0.2) is 24.3 Å². The summed E-state index contributed by atoms with van der Waals surface area (Å²) < 4.78 is 5.20. The summed E-state index contributed by atoms with van der Waals surface area (Å²) in [5.41, 5.74) is 2.62. The van der Waals surface area contributed by atoms with Gasteiger partial charge in [-0.05, 0) is 56.3 Å². The van der Waals surface area contributed by atoms with E-state index in [1.54, 1.807) is 7.11 Å². The van der Waals surface area contributed by atoms with E-state index in [-0.39, 0.29) is 0 Å². The van der Waals surface area contributed by atoms with Crippen LogP contribution in [0.25, 0.3) is 0 Å². The van der Waals surface area contributed by atoms with Gasteiger partial charge in [-0.3, -0.25) is 0 Å². The minimum absolute atomic E-state index is 0.701. The Hall–Kier alpha value is -0.900. The van der Waals surface area contributed by atoms with Crippen LogP contribution in [0.2, 0.25) is 0 Å². The average molecular weight is 288 g/mol. The van der Waals surface area contributed by atoms with Crippen LogP contribution in [-0.2, 0) is 17.9 Å². The van der Waals surface area contributed by atoms with Gasteiger partial charge in [-0.2, -0.15) is 0 Å². The molecule has 1 N–H and O–H groups in total. The predicted molar refractivity (Wildman–Crippen MR) is 86.2 cm³/mol. The van der Waals surface area contributed by atoms with Crippen molar-refractivity contribution >= 4 is 0 Å². The van der Waals surface area contributed by atoms with E-state index in [1.165, 1.54) is 36.8 Å². The molecule has 0 spiro atoms. The molecular formula is C18H28N2O. The first-order valence-electron chi connectivity index (χ1n) is 8.25. The smallest absolute Gasteiger partial charge is 0.0713 e. The molecule has 2 bridgehead atoms. The Bertz CT molecular complexity index is 448. The Morgan fingerprint density at radius 3 is 2.62 bits per heavy atom. The first-order chi connectivity index (χ1) is 10.3. The maximum atomic E-state index is 5.20. The molecule has 0 aromatic heterocycles.